The summed E-state index contributed by atoms with van der Waals surface area (Å²) in [5.41, 5.74) is 6.80. The number of carboxylic acid groups (broad SMARTS) is 1. The van der Waals surface area contributed by atoms with Crippen LogP contribution in [0.15, 0.2) is 27.4 Å². The second-order valence-corrected chi connectivity index (χ2v) is 6.24. The fraction of sp³-hybridized carbons (Fsp3) is 0.333. The molecule has 0 unspecified atom stereocenters. The van der Waals surface area contributed by atoms with E-state index in [-0.39, 0.29) is 12.5 Å². The summed E-state index contributed by atoms with van der Waals surface area (Å²) < 4.78 is 0. The molecular formula is C12H14N3O2S2-. The van der Waals surface area contributed by atoms with Gasteiger partial charge in [-0.15, -0.1) is 11.3 Å². The van der Waals surface area contributed by atoms with Gasteiger partial charge in [0.25, 0.3) is 0 Å². The number of nitrogens with one attached hydrogen (secondary N) is 2. The third-order valence-corrected chi connectivity index (χ3v) is 4.12. The van der Waals surface area contributed by atoms with E-state index in [1.807, 2.05) is 31.4 Å². The van der Waals surface area contributed by atoms with E-state index in [4.69, 9.17) is 0 Å². The van der Waals surface area contributed by atoms with E-state index in [1.165, 1.54) is 11.8 Å². The molecule has 0 amide bonds. The van der Waals surface area contributed by atoms with Gasteiger partial charge in [0.15, 0.2) is 5.17 Å². The molecule has 2 rings (SSSR count). The largest absolute Gasteiger partial charge is 0.550 e. The maximum atomic E-state index is 10.9. The van der Waals surface area contributed by atoms with Crippen molar-refractivity contribution in [3.8, 4) is 0 Å². The fourth-order valence-corrected chi connectivity index (χ4v) is 3.42. The van der Waals surface area contributed by atoms with Gasteiger partial charge in [0.1, 0.15) is 0 Å². The summed E-state index contributed by atoms with van der Waals surface area (Å²) in [6, 6.07) is 4.01. The lowest BCUT2D eigenvalue weighted by Gasteiger charge is -2.24. The summed E-state index contributed by atoms with van der Waals surface area (Å²) in [5.74, 6) is -1.09. The highest BCUT2D eigenvalue weighted by atomic mass is 32.2. The molecule has 0 saturated heterocycles. The van der Waals surface area contributed by atoms with Crippen LogP contribution in [0, 0.1) is 0 Å². The number of aliphatic imine (C=N–C) groups is 1. The first-order valence-corrected chi connectivity index (χ1v) is 7.50. The number of carbonyl (C=O) groups excluding carboxylic acids is 1. The van der Waals surface area contributed by atoms with Gasteiger partial charge in [0, 0.05) is 23.3 Å². The Labute approximate surface area is 119 Å². The number of carboxylic acids is 1. The Morgan fingerprint density at radius 2 is 2.26 bits per heavy atom. The maximum Gasteiger partial charge on any atom is 0.180 e. The van der Waals surface area contributed by atoms with Crippen LogP contribution in [0.4, 0.5) is 0 Å². The molecule has 0 aliphatic carbocycles. The molecule has 0 atom stereocenters. The number of nitrogens with zero attached hydrogens (tertiary/aromatic N) is 1. The Bertz CT molecular complexity index is 521. The van der Waals surface area contributed by atoms with Gasteiger partial charge in [0.05, 0.1) is 10.6 Å². The van der Waals surface area contributed by atoms with Crippen LogP contribution in [0.25, 0.3) is 5.70 Å². The summed E-state index contributed by atoms with van der Waals surface area (Å²) >= 11 is 2.88. The molecule has 0 radical (unpaired) electrons. The zero-order valence-electron chi connectivity index (χ0n) is 10.6. The lowest BCUT2D eigenvalue weighted by atomic mass is 10.3. The SMILES string of the molecule is CC(C)N=C1NNC(c2cccs2)=C(CC(=O)[O-])S1. The first kappa shape index (κ1) is 14.0. The number of thiophene rings is 1. The van der Waals surface area contributed by atoms with Crippen LogP contribution in [-0.2, 0) is 4.79 Å². The Hall–Kier alpha value is -1.47. The number of hydrogen-bond acceptors (Lipinski definition) is 6. The molecule has 0 saturated carbocycles. The van der Waals surface area contributed by atoms with Crippen molar-refractivity contribution in [3.05, 3.63) is 27.3 Å². The molecule has 7 heteroatoms. The van der Waals surface area contributed by atoms with E-state index in [2.05, 4.69) is 15.8 Å². The number of thioether (sulfide) groups is 1. The zero-order valence-corrected chi connectivity index (χ0v) is 12.2. The van der Waals surface area contributed by atoms with Crippen molar-refractivity contribution in [1.29, 1.82) is 0 Å². The van der Waals surface area contributed by atoms with E-state index in [0.29, 0.717) is 10.1 Å². The number of carbonyl (C=O) groups is 1. The molecule has 102 valence electrons. The Morgan fingerprint density at radius 3 is 2.84 bits per heavy atom. The molecule has 2 heterocycles. The number of rotatable bonds is 4. The number of hydrazine groups is 1. The Kier molecular flexibility index (Phi) is 4.49. The summed E-state index contributed by atoms with van der Waals surface area (Å²) in [6.45, 7) is 3.93. The van der Waals surface area contributed by atoms with Gasteiger partial charge in [-0.1, -0.05) is 17.8 Å². The summed E-state index contributed by atoms with van der Waals surface area (Å²) in [7, 11) is 0. The van der Waals surface area contributed by atoms with E-state index in [0.717, 1.165) is 10.6 Å². The molecule has 1 aliphatic rings. The predicted molar refractivity (Wildman–Crippen MR) is 77.3 cm³/mol. The van der Waals surface area contributed by atoms with Crippen molar-refractivity contribution in [3.63, 3.8) is 0 Å². The van der Waals surface area contributed by atoms with Gasteiger partial charge in [-0.2, -0.15) is 0 Å². The van der Waals surface area contributed by atoms with E-state index in [1.54, 1.807) is 11.3 Å². The van der Waals surface area contributed by atoms with Crippen molar-refractivity contribution in [2.24, 2.45) is 4.99 Å². The molecule has 5 nitrogen and oxygen atoms in total. The van der Waals surface area contributed by atoms with Crippen LogP contribution in [-0.4, -0.2) is 17.2 Å². The molecule has 2 N–H and O–H groups in total. The molecule has 1 aromatic rings. The van der Waals surface area contributed by atoms with Gasteiger partial charge in [-0.3, -0.25) is 15.8 Å². The normalized spacial score (nSPS) is 17.5. The van der Waals surface area contributed by atoms with Crippen molar-refractivity contribution in [1.82, 2.24) is 10.9 Å². The van der Waals surface area contributed by atoms with Crippen molar-refractivity contribution in [2.75, 3.05) is 0 Å². The van der Waals surface area contributed by atoms with Crippen LogP contribution in [0.1, 0.15) is 25.1 Å². The third kappa shape index (κ3) is 3.74. The number of aliphatic carboxylic acids is 1. The van der Waals surface area contributed by atoms with Crippen LogP contribution >= 0.6 is 23.1 Å². The number of hydrogen-bond donors (Lipinski definition) is 2. The van der Waals surface area contributed by atoms with E-state index >= 15 is 0 Å². The monoisotopic (exact) mass is 296 g/mol. The van der Waals surface area contributed by atoms with Crippen molar-refractivity contribution < 1.29 is 9.90 Å². The third-order valence-electron chi connectivity index (χ3n) is 2.24. The minimum atomic E-state index is -1.09. The zero-order chi connectivity index (χ0) is 13.8. The maximum absolute atomic E-state index is 10.9. The lowest BCUT2D eigenvalue weighted by Crippen LogP contribution is -2.39. The molecule has 1 aromatic heterocycles. The Balaban J connectivity index is 2.30. The van der Waals surface area contributed by atoms with E-state index in [9.17, 15) is 9.90 Å². The second kappa shape index (κ2) is 6.12. The van der Waals surface area contributed by atoms with Gasteiger partial charge < -0.3 is 9.90 Å². The highest BCUT2D eigenvalue weighted by molar-refractivity contribution is 8.17. The fourth-order valence-electron chi connectivity index (χ4n) is 1.55. The average Bonchev–Trinajstić information content (AvgIpc) is 2.81. The van der Waals surface area contributed by atoms with Gasteiger partial charge in [0.2, 0.25) is 0 Å². The molecule has 0 spiro atoms. The van der Waals surface area contributed by atoms with Gasteiger partial charge in [-0.05, 0) is 25.3 Å². The predicted octanol–water partition coefficient (Wildman–Crippen LogP) is 1.16. The van der Waals surface area contributed by atoms with Gasteiger partial charge in [-0.25, -0.2) is 0 Å². The quantitative estimate of drug-likeness (QED) is 0.872. The summed E-state index contributed by atoms with van der Waals surface area (Å²) in [4.78, 5) is 16.9. The standard InChI is InChI=1S/C12H15N3O2S2/c1-7(2)13-12-15-14-11(8-4-3-5-18-8)9(19-12)6-10(16)17/h3-5,7,14H,6H2,1-2H3,(H,13,15)(H,16,17)/p-1. The molecule has 0 bridgehead atoms. The van der Waals surface area contributed by atoms with Crippen molar-refractivity contribution >= 4 is 39.9 Å². The average molecular weight is 296 g/mol. The number of amidine groups is 1. The molecule has 19 heavy (non-hydrogen) atoms. The summed E-state index contributed by atoms with van der Waals surface area (Å²) in [6.07, 6.45) is -0.121. The topological polar surface area (TPSA) is 76.5 Å². The minimum Gasteiger partial charge on any atom is -0.550 e. The first-order valence-electron chi connectivity index (χ1n) is 5.81. The molecule has 0 fully saturated rings. The van der Waals surface area contributed by atoms with Crippen molar-refractivity contribution in [2.45, 2.75) is 26.3 Å². The van der Waals surface area contributed by atoms with Crippen LogP contribution in [0.2, 0.25) is 0 Å². The summed E-state index contributed by atoms with van der Waals surface area (Å²) in [5, 5.41) is 13.5. The molecule has 0 aromatic carbocycles. The lowest BCUT2D eigenvalue weighted by molar-refractivity contribution is -0.304. The first-order chi connectivity index (χ1) is 9.06. The van der Waals surface area contributed by atoms with Gasteiger partial charge >= 0.3 is 0 Å². The highest BCUT2D eigenvalue weighted by Crippen LogP contribution is 2.32. The minimum absolute atomic E-state index is 0.121. The second-order valence-electron chi connectivity index (χ2n) is 4.20. The Morgan fingerprint density at radius 1 is 1.47 bits per heavy atom. The molecule has 1 aliphatic heterocycles. The van der Waals surface area contributed by atoms with Crippen LogP contribution in [0.5, 0.6) is 0 Å². The smallest absolute Gasteiger partial charge is 0.180 e. The van der Waals surface area contributed by atoms with E-state index < -0.39 is 5.97 Å². The molecular weight excluding hydrogens is 282 g/mol. The highest BCUT2D eigenvalue weighted by Gasteiger charge is 2.19. The van der Waals surface area contributed by atoms with Crippen LogP contribution in [0.3, 0.4) is 0 Å². The van der Waals surface area contributed by atoms with Crippen LogP contribution < -0.4 is 16.0 Å².